The van der Waals surface area contributed by atoms with Crippen molar-refractivity contribution in [3.05, 3.63) is 40.4 Å². The first-order valence-corrected chi connectivity index (χ1v) is 7.76. The van der Waals surface area contributed by atoms with Gasteiger partial charge in [0, 0.05) is 16.6 Å². The van der Waals surface area contributed by atoms with Gasteiger partial charge in [0.25, 0.3) is 0 Å². The number of hydrogen-bond acceptors (Lipinski definition) is 1. The van der Waals surface area contributed by atoms with Gasteiger partial charge in [-0.3, -0.25) is 4.79 Å². The van der Waals surface area contributed by atoms with Crippen molar-refractivity contribution in [2.75, 3.05) is 0 Å². The molecule has 3 rings (SSSR count). The monoisotopic (exact) mass is 319 g/mol. The van der Waals surface area contributed by atoms with Crippen LogP contribution in [-0.4, -0.2) is 11.9 Å². The van der Waals surface area contributed by atoms with Crippen molar-refractivity contribution in [1.29, 1.82) is 0 Å². The summed E-state index contributed by atoms with van der Waals surface area (Å²) in [6, 6.07) is 8.34. The van der Waals surface area contributed by atoms with Crippen LogP contribution in [0.5, 0.6) is 0 Å². The molecule has 2 fully saturated rings. The van der Waals surface area contributed by atoms with Gasteiger partial charge in [0.2, 0.25) is 5.91 Å². The standard InChI is InChI=1S/C16H18BrNO/c17-14-4-2-1-3-11(14)9-10-15(19)18-16(12-5-6-12)13-7-8-13/h1-4,9-10,12-13,16H,5-8H2,(H,18,19)/b10-9+. The largest absolute Gasteiger partial charge is 0.349 e. The van der Waals surface area contributed by atoms with E-state index in [1.807, 2.05) is 30.3 Å². The first kappa shape index (κ1) is 12.9. The average molecular weight is 320 g/mol. The van der Waals surface area contributed by atoms with Gasteiger partial charge in [0.15, 0.2) is 0 Å². The topological polar surface area (TPSA) is 29.1 Å². The summed E-state index contributed by atoms with van der Waals surface area (Å²) in [5, 5.41) is 3.19. The third kappa shape index (κ3) is 3.47. The number of hydrogen-bond donors (Lipinski definition) is 1. The van der Waals surface area contributed by atoms with Gasteiger partial charge in [0.05, 0.1) is 0 Å². The number of carbonyl (C=O) groups excluding carboxylic acids is 1. The fourth-order valence-corrected chi connectivity index (χ4v) is 2.94. The summed E-state index contributed by atoms with van der Waals surface area (Å²) in [4.78, 5) is 12.0. The summed E-state index contributed by atoms with van der Waals surface area (Å²) in [6.45, 7) is 0. The molecule has 0 unspecified atom stereocenters. The van der Waals surface area contributed by atoms with E-state index in [0.29, 0.717) is 6.04 Å². The lowest BCUT2D eigenvalue weighted by atomic mass is 10.1. The Morgan fingerprint density at radius 3 is 2.42 bits per heavy atom. The highest BCUT2D eigenvalue weighted by molar-refractivity contribution is 9.10. The van der Waals surface area contributed by atoms with E-state index in [2.05, 4.69) is 21.2 Å². The Morgan fingerprint density at radius 2 is 1.84 bits per heavy atom. The highest BCUT2D eigenvalue weighted by Gasteiger charge is 2.41. The van der Waals surface area contributed by atoms with Crippen LogP contribution in [0.25, 0.3) is 6.08 Å². The number of nitrogens with one attached hydrogen (secondary N) is 1. The van der Waals surface area contributed by atoms with Gasteiger partial charge in [-0.2, -0.15) is 0 Å². The normalized spacial score (nSPS) is 19.1. The van der Waals surface area contributed by atoms with E-state index in [9.17, 15) is 4.79 Å². The van der Waals surface area contributed by atoms with Crippen molar-refractivity contribution in [2.24, 2.45) is 11.8 Å². The molecular weight excluding hydrogens is 302 g/mol. The number of amides is 1. The summed E-state index contributed by atoms with van der Waals surface area (Å²) >= 11 is 3.48. The molecule has 0 aliphatic heterocycles. The predicted molar refractivity (Wildman–Crippen MR) is 80.6 cm³/mol. The van der Waals surface area contributed by atoms with E-state index in [1.165, 1.54) is 25.7 Å². The molecule has 100 valence electrons. The van der Waals surface area contributed by atoms with Crippen LogP contribution in [0.4, 0.5) is 0 Å². The molecule has 0 bridgehead atoms. The van der Waals surface area contributed by atoms with Crippen molar-refractivity contribution in [2.45, 2.75) is 31.7 Å². The van der Waals surface area contributed by atoms with E-state index in [4.69, 9.17) is 0 Å². The van der Waals surface area contributed by atoms with Crippen LogP contribution >= 0.6 is 15.9 Å². The van der Waals surface area contributed by atoms with Gasteiger partial charge in [-0.05, 0) is 55.2 Å². The van der Waals surface area contributed by atoms with Crippen LogP contribution in [0.1, 0.15) is 31.2 Å². The number of benzene rings is 1. The number of rotatable bonds is 5. The lowest BCUT2D eigenvalue weighted by Gasteiger charge is -2.16. The summed E-state index contributed by atoms with van der Waals surface area (Å²) in [5.74, 6) is 1.53. The first-order chi connectivity index (χ1) is 9.24. The van der Waals surface area contributed by atoms with Gasteiger partial charge >= 0.3 is 0 Å². The maximum Gasteiger partial charge on any atom is 0.244 e. The van der Waals surface area contributed by atoms with Crippen molar-refractivity contribution in [3.63, 3.8) is 0 Å². The van der Waals surface area contributed by atoms with Crippen molar-refractivity contribution < 1.29 is 4.79 Å². The van der Waals surface area contributed by atoms with Crippen LogP contribution in [-0.2, 0) is 4.79 Å². The highest BCUT2D eigenvalue weighted by Crippen LogP contribution is 2.44. The van der Waals surface area contributed by atoms with Crippen molar-refractivity contribution in [3.8, 4) is 0 Å². The van der Waals surface area contributed by atoms with Gasteiger partial charge in [0.1, 0.15) is 0 Å². The number of carbonyl (C=O) groups is 1. The lowest BCUT2D eigenvalue weighted by Crippen LogP contribution is -2.37. The van der Waals surface area contributed by atoms with E-state index < -0.39 is 0 Å². The van der Waals surface area contributed by atoms with Crippen LogP contribution in [0.15, 0.2) is 34.8 Å². The first-order valence-electron chi connectivity index (χ1n) is 6.97. The molecule has 0 radical (unpaired) electrons. The molecule has 0 spiro atoms. The Kier molecular flexibility index (Phi) is 3.74. The van der Waals surface area contributed by atoms with E-state index in [1.54, 1.807) is 6.08 Å². The van der Waals surface area contributed by atoms with Gasteiger partial charge in [-0.15, -0.1) is 0 Å². The summed E-state index contributed by atoms with van der Waals surface area (Å²) < 4.78 is 1.01. The summed E-state index contributed by atoms with van der Waals surface area (Å²) in [6.07, 6.45) is 8.67. The van der Waals surface area contributed by atoms with E-state index >= 15 is 0 Å². The van der Waals surface area contributed by atoms with Crippen LogP contribution in [0, 0.1) is 11.8 Å². The van der Waals surface area contributed by atoms with Gasteiger partial charge < -0.3 is 5.32 Å². The van der Waals surface area contributed by atoms with Crippen molar-refractivity contribution >= 4 is 27.9 Å². The second-order valence-corrected chi connectivity index (χ2v) is 6.42. The minimum absolute atomic E-state index is 0.0413. The quantitative estimate of drug-likeness (QED) is 0.822. The summed E-state index contributed by atoms with van der Waals surface area (Å²) in [7, 11) is 0. The maximum atomic E-state index is 12.0. The third-order valence-corrected chi connectivity index (χ3v) is 4.61. The predicted octanol–water partition coefficient (Wildman–Crippen LogP) is 3.77. The molecule has 1 N–H and O–H groups in total. The second kappa shape index (κ2) is 5.49. The SMILES string of the molecule is O=C(/C=C/c1ccccc1Br)NC(C1CC1)C1CC1. The molecule has 2 aliphatic carbocycles. The zero-order chi connectivity index (χ0) is 13.2. The minimum Gasteiger partial charge on any atom is -0.349 e. The number of halogens is 1. The smallest absolute Gasteiger partial charge is 0.244 e. The molecule has 19 heavy (non-hydrogen) atoms. The van der Waals surface area contributed by atoms with E-state index in [0.717, 1.165) is 21.9 Å². The third-order valence-electron chi connectivity index (χ3n) is 3.89. The van der Waals surface area contributed by atoms with Crippen LogP contribution < -0.4 is 5.32 Å². The average Bonchev–Trinajstić information content (AvgIpc) is 3.28. The van der Waals surface area contributed by atoms with Gasteiger partial charge in [-0.25, -0.2) is 0 Å². The van der Waals surface area contributed by atoms with Crippen LogP contribution in [0.2, 0.25) is 0 Å². The minimum atomic E-state index is 0.0413. The van der Waals surface area contributed by atoms with Crippen molar-refractivity contribution in [1.82, 2.24) is 5.32 Å². The molecule has 0 saturated heterocycles. The Labute approximate surface area is 122 Å². The van der Waals surface area contributed by atoms with E-state index in [-0.39, 0.29) is 5.91 Å². The molecule has 1 amide bonds. The van der Waals surface area contributed by atoms with Gasteiger partial charge in [-0.1, -0.05) is 34.1 Å². The molecule has 2 nitrogen and oxygen atoms in total. The fourth-order valence-electron chi connectivity index (χ4n) is 2.52. The zero-order valence-corrected chi connectivity index (χ0v) is 12.4. The zero-order valence-electron chi connectivity index (χ0n) is 10.8. The Balaban J connectivity index is 1.60. The second-order valence-electron chi connectivity index (χ2n) is 5.56. The molecule has 1 aromatic carbocycles. The maximum absolute atomic E-state index is 12.0. The molecule has 0 atom stereocenters. The molecule has 2 aliphatic rings. The highest BCUT2D eigenvalue weighted by atomic mass is 79.9. The summed E-state index contributed by atoms with van der Waals surface area (Å²) in [5.41, 5.74) is 1.03. The van der Waals surface area contributed by atoms with Crippen LogP contribution in [0.3, 0.4) is 0 Å². The molecular formula is C16H18BrNO. The molecule has 1 aromatic rings. The Morgan fingerprint density at radius 1 is 1.21 bits per heavy atom. The Bertz CT molecular complexity index is 491. The lowest BCUT2D eigenvalue weighted by molar-refractivity contribution is -0.117. The molecule has 3 heteroatoms. The Hall–Kier alpha value is -1.09. The molecule has 2 saturated carbocycles. The fraction of sp³-hybridized carbons (Fsp3) is 0.438. The molecule has 0 aromatic heterocycles. The molecule has 0 heterocycles.